The van der Waals surface area contributed by atoms with Gasteiger partial charge in [0.25, 0.3) is 0 Å². The molecule has 0 spiro atoms. The van der Waals surface area contributed by atoms with Crippen LogP contribution in [0.1, 0.15) is 5.56 Å². The van der Waals surface area contributed by atoms with Gasteiger partial charge in [-0.1, -0.05) is 23.7 Å². The Kier molecular flexibility index (Phi) is 4.19. The predicted octanol–water partition coefficient (Wildman–Crippen LogP) is 5.23. The summed E-state index contributed by atoms with van der Waals surface area (Å²) in [6.07, 6.45) is -1.55. The summed E-state index contributed by atoms with van der Waals surface area (Å²) in [6, 6.07) is 12.0. The number of fused-ring (bicyclic) bond motifs is 1. The molecule has 1 N–H and O–H groups in total. The quantitative estimate of drug-likeness (QED) is 0.521. The molecule has 4 rings (SSSR count). The number of hydrogen-bond donors (Lipinski definition) is 1. The van der Waals surface area contributed by atoms with E-state index in [-0.39, 0.29) is 5.69 Å². The number of rotatable bonds is 3. The average molecular weight is 390 g/mol. The minimum absolute atomic E-state index is 0.264. The lowest BCUT2D eigenvalue weighted by Crippen LogP contribution is -2.05. The largest absolute Gasteiger partial charge is 0.416 e. The Bertz CT molecular complexity index is 1120. The number of halogens is 4. The number of aromatic nitrogens is 4. The van der Waals surface area contributed by atoms with Gasteiger partial charge in [-0.2, -0.15) is 18.3 Å². The molecule has 0 unspecified atom stereocenters. The van der Waals surface area contributed by atoms with Crippen LogP contribution in [0.25, 0.3) is 16.7 Å². The van der Waals surface area contributed by atoms with Crippen LogP contribution in [0.5, 0.6) is 0 Å². The van der Waals surface area contributed by atoms with Crippen molar-refractivity contribution in [3.05, 3.63) is 71.6 Å². The lowest BCUT2D eigenvalue weighted by atomic mass is 10.2. The fraction of sp³-hybridized carbons (Fsp3) is 0.0556. The summed E-state index contributed by atoms with van der Waals surface area (Å²) in [5.74, 6) is 0.354. The lowest BCUT2D eigenvalue weighted by Gasteiger charge is -2.10. The maximum Gasteiger partial charge on any atom is 0.416 e. The summed E-state index contributed by atoms with van der Waals surface area (Å²) in [5, 5.41) is 8.32. The Morgan fingerprint density at radius 1 is 1.00 bits per heavy atom. The monoisotopic (exact) mass is 389 g/mol. The number of nitrogens with one attached hydrogen (secondary N) is 1. The van der Waals surface area contributed by atoms with E-state index < -0.39 is 11.7 Å². The molecular weight excluding hydrogens is 379 g/mol. The Hall–Kier alpha value is -3.13. The molecular formula is C18H11ClF3N5. The fourth-order valence-corrected chi connectivity index (χ4v) is 2.84. The van der Waals surface area contributed by atoms with Gasteiger partial charge < -0.3 is 5.32 Å². The van der Waals surface area contributed by atoms with Crippen LogP contribution >= 0.6 is 11.6 Å². The van der Waals surface area contributed by atoms with Crippen molar-refractivity contribution in [3.63, 3.8) is 0 Å². The highest BCUT2D eigenvalue weighted by molar-refractivity contribution is 6.30. The molecule has 27 heavy (non-hydrogen) atoms. The molecule has 4 aromatic rings. The molecule has 0 aliphatic rings. The van der Waals surface area contributed by atoms with Crippen LogP contribution in [0.4, 0.5) is 24.7 Å². The van der Waals surface area contributed by atoms with Gasteiger partial charge in [-0.05, 0) is 36.4 Å². The van der Waals surface area contributed by atoms with E-state index in [9.17, 15) is 13.2 Å². The van der Waals surface area contributed by atoms with E-state index in [1.165, 1.54) is 18.5 Å². The SMILES string of the molecule is FC(F)(F)c1cccc(Nc2ncnc3c2cnn3-c2cccc(Cl)c2)c1. The third-order valence-electron chi connectivity index (χ3n) is 3.87. The van der Waals surface area contributed by atoms with Gasteiger partial charge in [0.05, 0.1) is 22.8 Å². The Balaban J connectivity index is 1.74. The first-order chi connectivity index (χ1) is 12.9. The predicted molar refractivity (Wildman–Crippen MR) is 96.4 cm³/mol. The standard InChI is InChI=1S/C18H11ClF3N5/c19-12-4-2-6-14(8-12)27-17-15(9-25-27)16(23-10-24-17)26-13-5-1-3-11(7-13)18(20,21)22/h1-10H,(H,23,24,26). The van der Waals surface area contributed by atoms with E-state index in [4.69, 9.17) is 11.6 Å². The number of nitrogens with zero attached hydrogens (tertiary/aromatic N) is 4. The van der Waals surface area contributed by atoms with Crippen LogP contribution < -0.4 is 5.32 Å². The first kappa shape index (κ1) is 17.3. The van der Waals surface area contributed by atoms with Crippen molar-refractivity contribution in [2.75, 3.05) is 5.32 Å². The summed E-state index contributed by atoms with van der Waals surface area (Å²) in [5.41, 5.74) is 0.732. The molecule has 0 saturated heterocycles. The molecule has 0 fully saturated rings. The Morgan fingerprint density at radius 2 is 1.81 bits per heavy atom. The first-order valence-corrected chi connectivity index (χ1v) is 8.18. The average Bonchev–Trinajstić information content (AvgIpc) is 3.06. The van der Waals surface area contributed by atoms with Gasteiger partial charge in [0.1, 0.15) is 12.1 Å². The molecule has 0 atom stereocenters. The maximum absolute atomic E-state index is 12.9. The van der Waals surface area contributed by atoms with Crippen molar-refractivity contribution in [3.8, 4) is 5.69 Å². The molecule has 0 saturated carbocycles. The van der Waals surface area contributed by atoms with Gasteiger partial charge in [0.2, 0.25) is 0 Å². The molecule has 2 aromatic carbocycles. The van der Waals surface area contributed by atoms with E-state index in [1.54, 1.807) is 29.1 Å². The maximum atomic E-state index is 12.9. The minimum Gasteiger partial charge on any atom is -0.340 e. The third-order valence-corrected chi connectivity index (χ3v) is 4.11. The van der Waals surface area contributed by atoms with Gasteiger partial charge in [0.15, 0.2) is 5.65 Å². The zero-order valence-corrected chi connectivity index (χ0v) is 14.3. The van der Waals surface area contributed by atoms with Crippen molar-refractivity contribution < 1.29 is 13.2 Å². The van der Waals surface area contributed by atoms with Crippen molar-refractivity contribution in [1.29, 1.82) is 0 Å². The highest BCUT2D eigenvalue weighted by Gasteiger charge is 2.30. The molecule has 0 aliphatic carbocycles. The van der Waals surface area contributed by atoms with Crippen molar-refractivity contribution in [1.82, 2.24) is 19.7 Å². The summed E-state index contributed by atoms with van der Waals surface area (Å²) in [6.45, 7) is 0. The number of hydrogen-bond acceptors (Lipinski definition) is 4. The molecule has 136 valence electrons. The van der Waals surface area contributed by atoms with Crippen LogP contribution in [-0.2, 0) is 6.18 Å². The molecule has 0 amide bonds. The Morgan fingerprint density at radius 3 is 2.59 bits per heavy atom. The zero-order chi connectivity index (χ0) is 19.0. The van der Waals surface area contributed by atoms with Crippen LogP contribution in [0, 0.1) is 0 Å². The summed E-state index contributed by atoms with van der Waals surface area (Å²) in [4.78, 5) is 8.37. The second-order valence-corrected chi connectivity index (χ2v) is 6.14. The van der Waals surface area contributed by atoms with E-state index in [0.717, 1.165) is 12.1 Å². The van der Waals surface area contributed by atoms with E-state index >= 15 is 0 Å². The van der Waals surface area contributed by atoms with Gasteiger partial charge in [0, 0.05) is 10.7 Å². The first-order valence-electron chi connectivity index (χ1n) is 7.81. The van der Waals surface area contributed by atoms with Crippen LogP contribution in [0.2, 0.25) is 5.02 Å². The molecule has 5 nitrogen and oxygen atoms in total. The summed E-state index contributed by atoms with van der Waals surface area (Å²) in [7, 11) is 0. The van der Waals surface area contributed by atoms with Crippen LogP contribution in [0.15, 0.2) is 61.1 Å². The van der Waals surface area contributed by atoms with Gasteiger partial charge in [-0.15, -0.1) is 0 Å². The minimum atomic E-state index is -4.42. The van der Waals surface area contributed by atoms with Crippen molar-refractivity contribution in [2.45, 2.75) is 6.18 Å². The van der Waals surface area contributed by atoms with E-state index in [0.29, 0.717) is 27.6 Å². The summed E-state index contributed by atoms with van der Waals surface area (Å²) < 4.78 is 40.3. The highest BCUT2D eigenvalue weighted by atomic mass is 35.5. The second kappa shape index (κ2) is 6.55. The molecule has 2 aromatic heterocycles. The van der Waals surface area contributed by atoms with Crippen molar-refractivity contribution in [2.24, 2.45) is 0 Å². The molecule has 0 radical (unpaired) electrons. The summed E-state index contributed by atoms with van der Waals surface area (Å²) >= 11 is 6.03. The van der Waals surface area contributed by atoms with E-state index in [2.05, 4.69) is 20.4 Å². The topological polar surface area (TPSA) is 55.6 Å². The normalized spacial score (nSPS) is 11.7. The highest BCUT2D eigenvalue weighted by Crippen LogP contribution is 2.32. The molecule has 0 aliphatic heterocycles. The lowest BCUT2D eigenvalue weighted by molar-refractivity contribution is -0.137. The molecule has 2 heterocycles. The fourth-order valence-electron chi connectivity index (χ4n) is 2.65. The van der Waals surface area contributed by atoms with Gasteiger partial charge in [-0.3, -0.25) is 0 Å². The van der Waals surface area contributed by atoms with Crippen LogP contribution in [0.3, 0.4) is 0 Å². The molecule has 9 heteroatoms. The van der Waals surface area contributed by atoms with Crippen molar-refractivity contribution >= 4 is 34.1 Å². The number of benzene rings is 2. The van der Waals surface area contributed by atoms with Gasteiger partial charge >= 0.3 is 6.18 Å². The van der Waals surface area contributed by atoms with Gasteiger partial charge in [-0.25, -0.2) is 14.6 Å². The zero-order valence-electron chi connectivity index (χ0n) is 13.6. The Labute approximate surface area is 156 Å². The van der Waals surface area contributed by atoms with Crippen LogP contribution in [-0.4, -0.2) is 19.7 Å². The number of alkyl halides is 3. The van der Waals surface area contributed by atoms with E-state index in [1.807, 2.05) is 6.07 Å². The number of anilines is 2. The smallest absolute Gasteiger partial charge is 0.340 e. The third kappa shape index (κ3) is 3.43. The molecule has 0 bridgehead atoms. The second-order valence-electron chi connectivity index (χ2n) is 5.70.